The molecule has 0 spiro atoms. The molecule has 0 aliphatic rings. The first-order valence-corrected chi connectivity index (χ1v) is 8.99. The Labute approximate surface area is 158 Å². The van der Waals surface area contributed by atoms with E-state index < -0.39 is 23.6 Å². The smallest absolute Gasteiger partial charge is 0.342 e. The number of ether oxygens (including phenoxy) is 2. The van der Waals surface area contributed by atoms with Crippen molar-refractivity contribution in [2.45, 2.75) is 45.3 Å². The molecule has 146 valence electrons. The van der Waals surface area contributed by atoms with Crippen molar-refractivity contribution in [2.75, 3.05) is 6.61 Å². The zero-order valence-electron chi connectivity index (χ0n) is 15.8. The lowest BCUT2D eigenvalue weighted by Crippen LogP contribution is -2.54. The average Bonchev–Trinajstić information content (AvgIpc) is 3.14. The van der Waals surface area contributed by atoms with Crippen LogP contribution in [-0.2, 0) is 20.7 Å². The molecule has 0 bridgehead atoms. The van der Waals surface area contributed by atoms with Crippen LogP contribution in [0.2, 0.25) is 0 Å². The van der Waals surface area contributed by atoms with E-state index in [0.29, 0.717) is 17.7 Å². The van der Waals surface area contributed by atoms with Crippen LogP contribution in [0.4, 0.5) is 0 Å². The van der Waals surface area contributed by atoms with Gasteiger partial charge in [0.25, 0.3) is 0 Å². The Balaban J connectivity index is 2.34. The lowest BCUT2D eigenvalue weighted by Gasteiger charge is -2.34. The van der Waals surface area contributed by atoms with Gasteiger partial charge >= 0.3 is 11.9 Å². The second-order valence-electron chi connectivity index (χ2n) is 6.79. The fourth-order valence-corrected chi connectivity index (χ4v) is 2.79. The van der Waals surface area contributed by atoms with Crippen molar-refractivity contribution in [3.63, 3.8) is 0 Å². The van der Waals surface area contributed by atoms with Crippen molar-refractivity contribution in [3.05, 3.63) is 54.1 Å². The molecule has 2 atom stereocenters. The zero-order chi connectivity index (χ0) is 19.9. The van der Waals surface area contributed by atoms with Gasteiger partial charge in [0.1, 0.15) is 6.10 Å². The number of benzene rings is 1. The van der Waals surface area contributed by atoms with Gasteiger partial charge in [0.05, 0.1) is 18.5 Å². The molecule has 0 saturated heterocycles. The van der Waals surface area contributed by atoms with E-state index in [1.165, 1.54) is 12.5 Å². The van der Waals surface area contributed by atoms with Crippen molar-refractivity contribution >= 4 is 11.9 Å². The van der Waals surface area contributed by atoms with E-state index >= 15 is 0 Å². The first-order valence-electron chi connectivity index (χ1n) is 8.99. The highest BCUT2D eigenvalue weighted by atomic mass is 16.6. The number of esters is 2. The van der Waals surface area contributed by atoms with E-state index in [1.807, 2.05) is 13.8 Å². The quantitative estimate of drug-likeness (QED) is 0.654. The first kappa shape index (κ1) is 20.6. The summed E-state index contributed by atoms with van der Waals surface area (Å²) in [6.07, 6.45) is 2.07. The molecule has 2 rings (SSSR count). The second kappa shape index (κ2) is 9.32. The number of imidazole rings is 1. The predicted octanol–water partition coefficient (Wildman–Crippen LogP) is 2.52. The highest BCUT2D eigenvalue weighted by Gasteiger charge is 2.48. The molecule has 7 heteroatoms. The topological polar surface area (TPSA) is 102 Å². The third kappa shape index (κ3) is 5.40. The summed E-state index contributed by atoms with van der Waals surface area (Å²) in [5.41, 5.74) is -1.15. The summed E-state index contributed by atoms with van der Waals surface area (Å²) in [5.74, 6) is -1.36. The maximum Gasteiger partial charge on any atom is 0.342 e. The fraction of sp³-hybridized carbons (Fsp3) is 0.450. The van der Waals surface area contributed by atoms with Crippen LogP contribution in [0.5, 0.6) is 0 Å². The first-order chi connectivity index (χ1) is 12.9. The molecule has 27 heavy (non-hydrogen) atoms. The molecule has 0 saturated carbocycles. The van der Waals surface area contributed by atoms with E-state index in [9.17, 15) is 14.7 Å². The van der Waals surface area contributed by atoms with E-state index in [0.717, 1.165) is 0 Å². The summed E-state index contributed by atoms with van der Waals surface area (Å²) in [5, 5.41) is 11.3. The average molecular weight is 374 g/mol. The number of aliphatic hydroxyl groups is 1. The number of rotatable bonds is 9. The van der Waals surface area contributed by atoms with Gasteiger partial charge < -0.3 is 19.6 Å². The molecule has 0 aliphatic carbocycles. The summed E-state index contributed by atoms with van der Waals surface area (Å²) >= 11 is 0. The van der Waals surface area contributed by atoms with E-state index in [-0.39, 0.29) is 18.9 Å². The number of hydrogen-bond acceptors (Lipinski definition) is 6. The third-order valence-corrected chi connectivity index (χ3v) is 4.12. The van der Waals surface area contributed by atoms with Crippen LogP contribution in [0, 0.1) is 5.92 Å². The summed E-state index contributed by atoms with van der Waals surface area (Å²) in [6.45, 7) is 5.60. The SMILES string of the molecule is CCOC(=O)[C@@](O)(Cc1cnc[nH]1)[C@H](CC(C)C)OC(=O)c1ccccc1. The Bertz CT molecular complexity index is 730. The Hall–Kier alpha value is -2.67. The normalized spacial score (nSPS) is 14.4. The van der Waals surface area contributed by atoms with E-state index in [1.54, 1.807) is 37.3 Å². The van der Waals surface area contributed by atoms with Crippen molar-refractivity contribution in [2.24, 2.45) is 5.92 Å². The van der Waals surface area contributed by atoms with Gasteiger partial charge in [-0.05, 0) is 31.4 Å². The van der Waals surface area contributed by atoms with Crippen LogP contribution >= 0.6 is 0 Å². The summed E-state index contributed by atoms with van der Waals surface area (Å²) in [6, 6.07) is 8.46. The van der Waals surface area contributed by atoms with Crippen LogP contribution in [0.3, 0.4) is 0 Å². The predicted molar refractivity (Wildman–Crippen MR) is 99.0 cm³/mol. The molecule has 1 aromatic heterocycles. The van der Waals surface area contributed by atoms with Crippen LogP contribution in [0.15, 0.2) is 42.9 Å². The number of aromatic nitrogens is 2. The number of nitrogens with zero attached hydrogens (tertiary/aromatic N) is 1. The standard InChI is InChI=1S/C20H26N2O5/c1-4-26-19(24)20(25,11-16-12-21-13-22-16)17(10-14(2)3)27-18(23)15-8-6-5-7-9-15/h5-9,12-14,17,25H,4,10-11H2,1-3H3,(H,21,22)/t17-,20+/m0/s1. The molecule has 0 fully saturated rings. The molecule has 2 aromatic rings. The summed E-state index contributed by atoms with van der Waals surface area (Å²) < 4.78 is 10.7. The van der Waals surface area contributed by atoms with Gasteiger partial charge in [0, 0.05) is 18.3 Å². The van der Waals surface area contributed by atoms with Gasteiger partial charge in [-0.1, -0.05) is 32.0 Å². The van der Waals surface area contributed by atoms with Crippen molar-refractivity contribution in [3.8, 4) is 0 Å². The van der Waals surface area contributed by atoms with Gasteiger partial charge in [-0.3, -0.25) is 0 Å². The molecule has 0 radical (unpaired) electrons. The minimum absolute atomic E-state index is 0.0706. The Kier molecular flexibility index (Phi) is 7.12. The van der Waals surface area contributed by atoms with Crippen molar-refractivity contribution in [1.82, 2.24) is 9.97 Å². The van der Waals surface area contributed by atoms with Crippen LogP contribution in [0.1, 0.15) is 43.2 Å². The van der Waals surface area contributed by atoms with Crippen LogP contribution < -0.4 is 0 Å². The largest absolute Gasteiger partial charge is 0.464 e. The van der Waals surface area contributed by atoms with Gasteiger partial charge in [0.2, 0.25) is 5.60 Å². The Morgan fingerprint density at radius 2 is 1.96 bits per heavy atom. The number of carbonyl (C=O) groups is 2. The van der Waals surface area contributed by atoms with Crippen LogP contribution in [0.25, 0.3) is 0 Å². The van der Waals surface area contributed by atoms with E-state index in [2.05, 4.69) is 9.97 Å². The monoisotopic (exact) mass is 374 g/mol. The fourth-order valence-electron chi connectivity index (χ4n) is 2.79. The highest BCUT2D eigenvalue weighted by molar-refractivity contribution is 5.90. The van der Waals surface area contributed by atoms with Crippen molar-refractivity contribution in [1.29, 1.82) is 0 Å². The molecule has 0 unspecified atom stereocenters. The maximum absolute atomic E-state index is 12.6. The van der Waals surface area contributed by atoms with Gasteiger partial charge in [-0.15, -0.1) is 0 Å². The molecule has 0 amide bonds. The minimum Gasteiger partial charge on any atom is -0.464 e. The Morgan fingerprint density at radius 1 is 1.26 bits per heavy atom. The molecule has 1 aromatic carbocycles. The summed E-state index contributed by atoms with van der Waals surface area (Å²) in [4.78, 5) is 32.0. The number of hydrogen-bond donors (Lipinski definition) is 2. The van der Waals surface area contributed by atoms with Gasteiger partial charge in [0.15, 0.2) is 0 Å². The number of nitrogens with one attached hydrogen (secondary N) is 1. The van der Waals surface area contributed by atoms with E-state index in [4.69, 9.17) is 9.47 Å². The number of H-pyrrole nitrogens is 1. The lowest BCUT2D eigenvalue weighted by atomic mass is 9.86. The third-order valence-electron chi connectivity index (χ3n) is 4.12. The number of aromatic amines is 1. The highest BCUT2D eigenvalue weighted by Crippen LogP contribution is 2.27. The maximum atomic E-state index is 12.6. The van der Waals surface area contributed by atoms with Crippen LogP contribution in [-0.4, -0.2) is 45.3 Å². The molecular weight excluding hydrogens is 348 g/mol. The van der Waals surface area contributed by atoms with Gasteiger partial charge in [-0.25, -0.2) is 14.6 Å². The zero-order valence-corrected chi connectivity index (χ0v) is 15.8. The molecule has 7 nitrogen and oxygen atoms in total. The number of carbonyl (C=O) groups excluding carboxylic acids is 2. The molecular formula is C20H26N2O5. The molecule has 0 aliphatic heterocycles. The Morgan fingerprint density at radius 3 is 2.52 bits per heavy atom. The second-order valence-corrected chi connectivity index (χ2v) is 6.79. The van der Waals surface area contributed by atoms with Crippen molar-refractivity contribution < 1.29 is 24.2 Å². The molecule has 1 heterocycles. The minimum atomic E-state index is -2.03. The van der Waals surface area contributed by atoms with Gasteiger partial charge in [-0.2, -0.15) is 0 Å². The molecule has 2 N–H and O–H groups in total. The summed E-state index contributed by atoms with van der Waals surface area (Å²) in [7, 11) is 0. The lowest BCUT2D eigenvalue weighted by molar-refractivity contribution is -0.179.